The minimum Gasteiger partial charge on any atom is -0.354 e. The zero-order valence-electron chi connectivity index (χ0n) is 15.4. The van der Waals surface area contributed by atoms with E-state index in [1.165, 1.54) is 11.1 Å². The maximum Gasteiger partial charge on any atom is 0.236 e. The largest absolute Gasteiger partial charge is 0.354 e. The molecule has 0 heterocycles. The molecule has 2 unspecified atom stereocenters. The molecule has 0 fully saturated rings. The van der Waals surface area contributed by atoms with Crippen LogP contribution in [-0.4, -0.2) is 18.5 Å². The molecule has 0 aromatic heterocycles. The van der Waals surface area contributed by atoms with Crippen molar-refractivity contribution in [2.75, 3.05) is 6.54 Å². The van der Waals surface area contributed by atoms with E-state index in [-0.39, 0.29) is 11.8 Å². The van der Waals surface area contributed by atoms with Gasteiger partial charge in [0.15, 0.2) is 0 Å². The van der Waals surface area contributed by atoms with Gasteiger partial charge in [-0.05, 0) is 31.2 Å². The summed E-state index contributed by atoms with van der Waals surface area (Å²) < 4.78 is 0. The molecule has 3 heteroatoms. The van der Waals surface area contributed by atoms with Gasteiger partial charge in [-0.25, -0.2) is 0 Å². The number of amides is 1. The highest BCUT2D eigenvalue weighted by Gasteiger charge is 2.20. The van der Waals surface area contributed by atoms with E-state index >= 15 is 0 Å². The highest BCUT2D eigenvalue weighted by Crippen LogP contribution is 2.29. The Balaban J connectivity index is 2.00. The highest BCUT2D eigenvalue weighted by molar-refractivity contribution is 5.81. The molecule has 3 nitrogen and oxygen atoms in total. The van der Waals surface area contributed by atoms with Crippen LogP contribution in [0.15, 0.2) is 54.1 Å². The number of nitrogens with one attached hydrogen (secondary N) is 1. The second-order valence-corrected chi connectivity index (χ2v) is 6.87. The number of nitrogens with two attached hydrogens (primary N) is 1. The number of benzene rings is 1. The third kappa shape index (κ3) is 6.50. The lowest BCUT2D eigenvalue weighted by molar-refractivity contribution is -0.122. The Morgan fingerprint density at radius 3 is 2.80 bits per heavy atom. The number of carbonyl (C=O) groups excluding carboxylic acids is 1. The molecule has 1 amide bonds. The van der Waals surface area contributed by atoms with Crippen LogP contribution in [0.3, 0.4) is 0 Å². The van der Waals surface area contributed by atoms with Gasteiger partial charge in [0.1, 0.15) is 0 Å². The predicted octanol–water partition coefficient (Wildman–Crippen LogP) is 4.46. The van der Waals surface area contributed by atoms with E-state index in [0.717, 1.165) is 44.9 Å². The molecule has 0 saturated heterocycles. The van der Waals surface area contributed by atoms with E-state index in [1.54, 1.807) is 0 Å². The van der Waals surface area contributed by atoms with Crippen molar-refractivity contribution >= 4 is 5.91 Å². The molecule has 1 aliphatic rings. The van der Waals surface area contributed by atoms with Gasteiger partial charge in [0.05, 0.1) is 6.04 Å². The summed E-state index contributed by atoms with van der Waals surface area (Å²) in [7, 11) is 0. The monoisotopic (exact) mass is 340 g/mol. The third-order valence-electron chi connectivity index (χ3n) is 4.87. The van der Waals surface area contributed by atoms with Crippen molar-refractivity contribution in [3.8, 4) is 0 Å². The number of allylic oxidation sites excluding steroid dienone is 3. The summed E-state index contributed by atoms with van der Waals surface area (Å²) in [5.41, 5.74) is 8.69. The Labute approximate surface area is 152 Å². The molecule has 0 bridgehead atoms. The van der Waals surface area contributed by atoms with Crippen LogP contribution in [0.25, 0.3) is 0 Å². The molecule has 1 aromatic carbocycles. The first-order chi connectivity index (χ1) is 12.2. The number of unbranched alkanes of at least 4 members (excludes halogenated alkanes) is 2. The SMILES string of the molecule is CCCCCC(N)C(=O)NCC(C1=CC=CCCC1)c1ccccc1. The van der Waals surface area contributed by atoms with Crippen LogP contribution < -0.4 is 11.1 Å². The first-order valence-corrected chi connectivity index (χ1v) is 9.66. The zero-order chi connectivity index (χ0) is 17.9. The van der Waals surface area contributed by atoms with Gasteiger partial charge in [0, 0.05) is 12.5 Å². The van der Waals surface area contributed by atoms with Crippen molar-refractivity contribution < 1.29 is 4.79 Å². The van der Waals surface area contributed by atoms with Crippen LogP contribution in [0.1, 0.15) is 63.4 Å². The van der Waals surface area contributed by atoms with Gasteiger partial charge in [-0.2, -0.15) is 0 Å². The molecule has 1 aliphatic carbocycles. The van der Waals surface area contributed by atoms with Gasteiger partial charge in [0.2, 0.25) is 5.91 Å². The molecule has 3 N–H and O–H groups in total. The third-order valence-corrected chi connectivity index (χ3v) is 4.87. The van der Waals surface area contributed by atoms with Gasteiger partial charge in [0.25, 0.3) is 0 Å². The summed E-state index contributed by atoms with van der Waals surface area (Å²) in [4.78, 5) is 12.4. The minimum atomic E-state index is -0.397. The Kier molecular flexibility index (Phi) is 8.47. The van der Waals surface area contributed by atoms with Crippen molar-refractivity contribution in [1.29, 1.82) is 0 Å². The fourth-order valence-corrected chi connectivity index (χ4v) is 3.31. The molecule has 1 aromatic rings. The van der Waals surface area contributed by atoms with Crippen LogP contribution >= 0.6 is 0 Å². The zero-order valence-corrected chi connectivity index (χ0v) is 15.4. The van der Waals surface area contributed by atoms with E-state index in [2.05, 4.69) is 54.7 Å². The van der Waals surface area contributed by atoms with Crippen LogP contribution in [-0.2, 0) is 4.79 Å². The van der Waals surface area contributed by atoms with Gasteiger partial charge < -0.3 is 11.1 Å². The van der Waals surface area contributed by atoms with E-state index in [0.29, 0.717) is 6.54 Å². The van der Waals surface area contributed by atoms with Crippen molar-refractivity contribution in [1.82, 2.24) is 5.32 Å². The normalized spacial score (nSPS) is 16.6. The van der Waals surface area contributed by atoms with Crippen molar-refractivity contribution in [2.24, 2.45) is 5.73 Å². The smallest absolute Gasteiger partial charge is 0.236 e. The maximum absolute atomic E-state index is 12.4. The van der Waals surface area contributed by atoms with Crippen molar-refractivity contribution in [2.45, 2.75) is 63.8 Å². The molecular weight excluding hydrogens is 308 g/mol. The Morgan fingerprint density at radius 2 is 2.04 bits per heavy atom. The first-order valence-electron chi connectivity index (χ1n) is 9.66. The number of carbonyl (C=O) groups is 1. The average molecular weight is 341 g/mol. The molecule has 0 aliphatic heterocycles. The lowest BCUT2D eigenvalue weighted by atomic mass is 9.88. The Morgan fingerprint density at radius 1 is 1.24 bits per heavy atom. The van der Waals surface area contributed by atoms with Gasteiger partial charge in [-0.1, -0.05) is 80.3 Å². The minimum absolute atomic E-state index is 0.0261. The number of rotatable bonds is 9. The molecular formula is C22H32N2O. The second-order valence-electron chi connectivity index (χ2n) is 6.87. The van der Waals surface area contributed by atoms with Crippen molar-refractivity contribution in [3.05, 3.63) is 59.7 Å². The lowest BCUT2D eigenvalue weighted by Gasteiger charge is -2.22. The van der Waals surface area contributed by atoms with Crippen LogP contribution in [0.5, 0.6) is 0 Å². The summed E-state index contributed by atoms with van der Waals surface area (Å²) in [5, 5.41) is 3.10. The topological polar surface area (TPSA) is 55.1 Å². The summed E-state index contributed by atoms with van der Waals surface area (Å²) in [6, 6.07) is 10.1. The van der Waals surface area contributed by atoms with Gasteiger partial charge >= 0.3 is 0 Å². The van der Waals surface area contributed by atoms with E-state index < -0.39 is 6.04 Å². The van der Waals surface area contributed by atoms with Gasteiger partial charge in [-0.15, -0.1) is 0 Å². The van der Waals surface area contributed by atoms with E-state index in [9.17, 15) is 4.79 Å². The predicted molar refractivity (Wildman–Crippen MR) is 105 cm³/mol. The maximum atomic E-state index is 12.4. The molecule has 136 valence electrons. The highest BCUT2D eigenvalue weighted by atomic mass is 16.2. The summed E-state index contributed by atoms with van der Waals surface area (Å²) >= 11 is 0. The van der Waals surface area contributed by atoms with Crippen LogP contribution in [0, 0.1) is 0 Å². The summed E-state index contributed by atoms with van der Waals surface area (Å²) in [6.45, 7) is 2.77. The molecule has 0 saturated carbocycles. The van der Waals surface area contributed by atoms with E-state index in [4.69, 9.17) is 5.73 Å². The van der Waals surface area contributed by atoms with Crippen molar-refractivity contribution in [3.63, 3.8) is 0 Å². The standard InChI is InChI=1S/C22H32N2O/c1-2-3-7-16-21(23)22(25)24-17-20(19-14-10-6-11-15-19)18-12-8-4-5-9-13-18/h4,6,8,10-12,14-15,20-21H,2-3,5,7,9,13,16-17,23H2,1H3,(H,24,25). The van der Waals surface area contributed by atoms with Gasteiger partial charge in [-0.3, -0.25) is 4.79 Å². The fourth-order valence-electron chi connectivity index (χ4n) is 3.31. The Hall–Kier alpha value is -1.87. The number of hydrogen-bond donors (Lipinski definition) is 2. The number of hydrogen-bond acceptors (Lipinski definition) is 2. The molecule has 0 radical (unpaired) electrons. The van der Waals surface area contributed by atoms with E-state index in [1.807, 2.05) is 6.07 Å². The second kappa shape index (κ2) is 10.9. The molecule has 2 atom stereocenters. The quantitative estimate of drug-likeness (QED) is 0.652. The lowest BCUT2D eigenvalue weighted by Crippen LogP contribution is -2.42. The van der Waals surface area contributed by atoms with Crippen LogP contribution in [0.4, 0.5) is 0 Å². The summed E-state index contributed by atoms with van der Waals surface area (Å²) in [6.07, 6.45) is 14.0. The molecule has 25 heavy (non-hydrogen) atoms. The Bertz CT molecular complexity index is 577. The average Bonchev–Trinajstić information content (AvgIpc) is 2.92. The van der Waals surface area contributed by atoms with Crippen LogP contribution in [0.2, 0.25) is 0 Å². The fraction of sp³-hybridized carbons (Fsp3) is 0.500. The molecule has 2 rings (SSSR count). The molecule has 0 spiro atoms. The summed E-state index contributed by atoms with van der Waals surface area (Å²) in [5.74, 6) is 0.192. The first kappa shape index (κ1) is 19.5.